The highest BCUT2D eigenvalue weighted by atomic mass is 32.2. The Hall–Kier alpha value is -2.82. The lowest BCUT2D eigenvalue weighted by atomic mass is 10.0. The normalized spacial score (nSPS) is 16.6. The van der Waals surface area contributed by atoms with Crippen molar-refractivity contribution in [1.29, 1.82) is 0 Å². The average Bonchev–Trinajstić information content (AvgIpc) is 3.53. The van der Waals surface area contributed by atoms with Crippen LogP contribution in [0, 0.1) is 0 Å². The number of hydrogen-bond acceptors (Lipinski definition) is 7. The average molecular weight is 472 g/mol. The van der Waals surface area contributed by atoms with Gasteiger partial charge >= 0.3 is 0 Å². The van der Waals surface area contributed by atoms with E-state index in [0.29, 0.717) is 30.5 Å². The van der Waals surface area contributed by atoms with Crippen LogP contribution in [0.4, 0.5) is 0 Å². The van der Waals surface area contributed by atoms with Gasteiger partial charge in [-0.05, 0) is 52.4 Å². The van der Waals surface area contributed by atoms with Crippen LogP contribution < -0.4 is 4.74 Å². The summed E-state index contributed by atoms with van der Waals surface area (Å²) in [6.45, 7) is 5.49. The lowest BCUT2D eigenvalue weighted by molar-refractivity contribution is 0.0926. The van der Waals surface area contributed by atoms with Crippen LogP contribution in [0.25, 0.3) is 5.69 Å². The summed E-state index contributed by atoms with van der Waals surface area (Å²) in [6, 6.07) is 12.8. The molecule has 0 aliphatic carbocycles. The molecule has 0 bridgehead atoms. The van der Waals surface area contributed by atoms with E-state index in [1.807, 2.05) is 12.1 Å². The molecular weight excluding hydrogens is 442 g/mol. The minimum Gasteiger partial charge on any atom is -0.494 e. The van der Waals surface area contributed by atoms with Crippen molar-refractivity contribution in [3.63, 3.8) is 0 Å². The second-order valence-corrected chi connectivity index (χ2v) is 10.4. The third kappa shape index (κ3) is 5.23. The SMILES string of the molecule is COc1cc(S(=O)(=O)N(Cc2ccc(C(C)C)cc2)C[C@@H]2CCCO2)ccc1-n1cnnn1. The molecule has 0 saturated carbocycles. The summed E-state index contributed by atoms with van der Waals surface area (Å²) in [6.07, 6.45) is 3.10. The van der Waals surface area contributed by atoms with Gasteiger partial charge in [-0.25, -0.2) is 8.42 Å². The van der Waals surface area contributed by atoms with Gasteiger partial charge in [0.2, 0.25) is 10.0 Å². The van der Waals surface area contributed by atoms with Gasteiger partial charge < -0.3 is 9.47 Å². The highest BCUT2D eigenvalue weighted by Crippen LogP contribution is 2.29. The first-order valence-corrected chi connectivity index (χ1v) is 12.4. The quantitative estimate of drug-likeness (QED) is 0.473. The van der Waals surface area contributed by atoms with Gasteiger partial charge in [0.05, 0.1) is 18.1 Å². The molecule has 176 valence electrons. The van der Waals surface area contributed by atoms with Crippen LogP contribution in [0.2, 0.25) is 0 Å². The number of nitrogens with zero attached hydrogens (tertiary/aromatic N) is 5. The minimum atomic E-state index is -3.82. The minimum absolute atomic E-state index is 0.114. The molecule has 0 spiro atoms. The summed E-state index contributed by atoms with van der Waals surface area (Å²) < 4.78 is 41.6. The monoisotopic (exact) mass is 471 g/mol. The first-order valence-electron chi connectivity index (χ1n) is 11.0. The predicted molar refractivity (Wildman–Crippen MR) is 123 cm³/mol. The number of ether oxygens (including phenoxy) is 2. The smallest absolute Gasteiger partial charge is 0.243 e. The summed E-state index contributed by atoms with van der Waals surface area (Å²) >= 11 is 0. The van der Waals surface area contributed by atoms with E-state index < -0.39 is 10.0 Å². The molecule has 10 heteroatoms. The van der Waals surface area contributed by atoms with Crippen molar-refractivity contribution in [2.45, 2.75) is 50.2 Å². The Balaban J connectivity index is 1.66. The fraction of sp³-hybridized carbons (Fsp3) is 0.435. The van der Waals surface area contributed by atoms with E-state index in [1.165, 1.54) is 34.1 Å². The van der Waals surface area contributed by atoms with Gasteiger partial charge in [0.1, 0.15) is 17.8 Å². The van der Waals surface area contributed by atoms with E-state index in [9.17, 15) is 8.42 Å². The maximum atomic E-state index is 13.7. The van der Waals surface area contributed by atoms with Gasteiger partial charge in [-0.3, -0.25) is 0 Å². The molecule has 3 aromatic rings. The zero-order valence-electron chi connectivity index (χ0n) is 19.1. The Morgan fingerprint density at radius 1 is 1.21 bits per heavy atom. The van der Waals surface area contributed by atoms with Crippen molar-refractivity contribution in [2.75, 3.05) is 20.3 Å². The van der Waals surface area contributed by atoms with E-state index in [1.54, 1.807) is 12.1 Å². The lowest BCUT2D eigenvalue weighted by Gasteiger charge is -2.25. The van der Waals surface area contributed by atoms with Crippen LogP contribution in [0.3, 0.4) is 0 Å². The first kappa shape index (κ1) is 23.3. The topological polar surface area (TPSA) is 99.4 Å². The van der Waals surface area contributed by atoms with Gasteiger partial charge in [-0.15, -0.1) is 5.10 Å². The summed E-state index contributed by atoms with van der Waals surface area (Å²) in [5.74, 6) is 0.777. The fourth-order valence-electron chi connectivity index (χ4n) is 3.90. The second kappa shape index (κ2) is 9.98. The predicted octanol–water partition coefficient (Wildman–Crippen LogP) is 3.16. The number of hydrogen-bond donors (Lipinski definition) is 0. The molecule has 0 amide bonds. The van der Waals surface area contributed by atoms with Crippen molar-refractivity contribution >= 4 is 10.0 Å². The fourth-order valence-corrected chi connectivity index (χ4v) is 5.38. The Labute approximate surface area is 194 Å². The van der Waals surface area contributed by atoms with Gasteiger partial charge in [-0.2, -0.15) is 8.99 Å². The third-order valence-corrected chi connectivity index (χ3v) is 7.63. The number of sulfonamides is 1. The van der Waals surface area contributed by atoms with E-state index in [4.69, 9.17) is 9.47 Å². The molecule has 2 aromatic carbocycles. The van der Waals surface area contributed by atoms with Crippen LogP contribution in [0.15, 0.2) is 53.7 Å². The molecule has 1 aromatic heterocycles. The van der Waals surface area contributed by atoms with Crippen molar-refractivity contribution in [2.24, 2.45) is 0 Å². The van der Waals surface area contributed by atoms with Crippen molar-refractivity contribution in [1.82, 2.24) is 24.5 Å². The van der Waals surface area contributed by atoms with Crippen molar-refractivity contribution in [3.8, 4) is 11.4 Å². The number of benzene rings is 2. The summed E-state index contributed by atoms with van der Waals surface area (Å²) in [4.78, 5) is 0.146. The third-order valence-electron chi connectivity index (χ3n) is 5.82. The largest absolute Gasteiger partial charge is 0.494 e. The molecule has 1 fully saturated rings. The van der Waals surface area contributed by atoms with E-state index in [0.717, 1.165) is 18.4 Å². The Kier molecular flexibility index (Phi) is 7.06. The van der Waals surface area contributed by atoms with E-state index in [-0.39, 0.29) is 17.5 Å². The van der Waals surface area contributed by atoms with Crippen LogP contribution in [-0.2, 0) is 21.3 Å². The maximum Gasteiger partial charge on any atom is 0.243 e. The molecule has 1 aliphatic rings. The molecule has 1 saturated heterocycles. The molecule has 0 unspecified atom stereocenters. The van der Waals surface area contributed by atoms with Crippen LogP contribution >= 0.6 is 0 Å². The number of aromatic nitrogens is 4. The second-order valence-electron chi connectivity index (χ2n) is 8.42. The van der Waals surface area contributed by atoms with Crippen LogP contribution in [-0.4, -0.2) is 59.3 Å². The Morgan fingerprint density at radius 3 is 2.61 bits per heavy atom. The molecule has 4 rings (SSSR count). The van der Waals surface area contributed by atoms with Gasteiger partial charge in [0.25, 0.3) is 0 Å². The molecular formula is C23H29N5O4S. The number of rotatable bonds is 9. The zero-order chi connectivity index (χ0) is 23.4. The standard InChI is InChI=1S/C23H29N5O4S/c1-17(2)19-8-6-18(7-9-19)14-27(15-20-5-4-12-32-20)33(29,30)21-10-11-22(23(13-21)31-3)28-16-24-25-26-28/h6-11,13,16-17,20H,4-5,12,14-15H2,1-3H3/t20-/m0/s1. The maximum absolute atomic E-state index is 13.7. The molecule has 1 atom stereocenters. The Bertz CT molecular complexity index is 1160. The molecule has 0 N–H and O–H groups in total. The number of methoxy groups -OCH3 is 1. The first-order chi connectivity index (χ1) is 15.9. The number of tetrazole rings is 1. The van der Waals surface area contributed by atoms with Crippen LogP contribution in [0.1, 0.15) is 43.7 Å². The van der Waals surface area contributed by atoms with Crippen LogP contribution in [0.5, 0.6) is 5.75 Å². The molecule has 2 heterocycles. The molecule has 33 heavy (non-hydrogen) atoms. The summed E-state index contributed by atoms with van der Waals surface area (Å²) in [5.41, 5.74) is 2.70. The highest BCUT2D eigenvalue weighted by molar-refractivity contribution is 7.89. The molecule has 0 radical (unpaired) electrons. The van der Waals surface area contributed by atoms with Gasteiger partial charge in [-0.1, -0.05) is 38.1 Å². The highest BCUT2D eigenvalue weighted by Gasteiger charge is 2.30. The Morgan fingerprint density at radius 2 is 2.00 bits per heavy atom. The van der Waals surface area contributed by atoms with Gasteiger partial charge in [0.15, 0.2) is 0 Å². The summed E-state index contributed by atoms with van der Waals surface area (Å²) in [5, 5.41) is 11.1. The van der Waals surface area contributed by atoms with E-state index in [2.05, 4.69) is 41.5 Å². The zero-order valence-corrected chi connectivity index (χ0v) is 19.9. The van der Waals surface area contributed by atoms with E-state index >= 15 is 0 Å². The summed E-state index contributed by atoms with van der Waals surface area (Å²) in [7, 11) is -2.33. The molecule has 9 nitrogen and oxygen atoms in total. The van der Waals surface area contributed by atoms with Gasteiger partial charge in [0, 0.05) is 25.8 Å². The molecule has 1 aliphatic heterocycles. The lowest BCUT2D eigenvalue weighted by Crippen LogP contribution is -2.37. The van der Waals surface area contributed by atoms with Crippen molar-refractivity contribution < 1.29 is 17.9 Å². The van der Waals surface area contributed by atoms with Crippen molar-refractivity contribution in [3.05, 3.63) is 59.9 Å².